The van der Waals surface area contributed by atoms with E-state index in [1.54, 1.807) is 0 Å². The lowest BCUT2D eigenvalue weighted by Gasteiger charge is -2.30. The zero-order valence-corrected chi connectivity index (χ0v) is 12.2. The van der Waals surface area contributed by atoms with E-state index >= 15 is 0 Å². The number of hydrogen-bond acceptors (Lipinski definition) is 2. The van der Waals surface area contributed by atoms with Crippen LogP contribution >= 0.6 is 0 Å². The Labute approximate surface area is 117 Å². The summed E-state index contributed by atoms with van der Waals surface area (Å²) in [5.41, 5.74) is 9.13. The van der Waals surface area contributed by atoms with Gasteiger partial charge in [-0.3, -0.25) is 4.90 Å². The second-order valence-corrected chi connectivity index (χ2v) is 6.56. The average Bonchev–Trinajstić information content (AvgIpc) is 2.83. The fourth-order valence-electron chi connectivity index (χ4n) is 4.01. The van der Waals surface area contributed by atoms with E-state index in [0.717, 1.165) is 11.8 Å². The minimum atomic E-state index is 0.438. The van der Waals surface area contributed by atoms with Crippen molar-refractivity contribution >= 4 is 0 Å². The lowest BCUT2D eigenvalue weighted by Crippen LogP contribution is -2.38. The minimum Gasteiger partial charge on any atom is -0.327 e. The molecule has 104 valence electrons. The van der Waals surface area contributed by atoms with Crippen molar-refractivity contribution in [1.82, 2.24) is 4.90 Å². The van der Waals surface area contributed by atoms with Crippen molar-refractivity contribution < 1.29 is 0 Å². The molecule has 1 aliphatic heterocycles. The Kier molecular flexibility index (Phi) is 3.64. The predicted molar refractivity (Wildman–Crippen MR) is 80.0 cm³/mol. The highest BCUT2D eigenvalue weighted by Crippen LogP contribution is 2.38. The van der Waals surface area contributed by atoms with Gasteiger partial charge in [-0.1, -0.05) is 36.2 Å². The molecular weight excluding hydrogens is 232 g/mol. The van der Waals surface area contributed by atoms with Crippen molar-refractivity contribution in [2.24, 2.45) is 17.6 Å². The number of likely N-dealkylation sites (tertiary alicyclic amines) is 1. The van der Waals surface area contributed by atoms with Gasteiger partial charge in [0, 0.05) is 25.2 Å². The number of nitrogens with two attached hydrogens (primary N) is 1. The molecule has 0 radical (unpaired) electrons. The molecule has 0 spiro atoms. The van der Waals surface area contributed by atoms with Crippen molar-refractivity contribution in [1.29, 1.82) is 0 Å². The van der Waals surface area contributed by atoms with Crippen molar-refractivity contribution in [3.8, 4) is 0 Å². The number of fused-ring (bicyclic) bond motifs is 1. The summed E-state index contributed by atoms with van der Waals surface area (Å²) >= 11 is 0. The molecule has 4 atom stereocenters. The first kappa shape index (κ1) is 13.1. The van der Waals surface area contributed by atoms with E-state index in [1.165, 1.54) is 43.5 Å². The first-order valence-electron chi connectivity index (χ1n) is 7.71. The van der Waals surface area contributed by atoms with Gasteiger partial charge in [0.05, 0.1) is 0 Å². The van der Waals surface area contributed by atoms with Gasteiger partial charge in [0.1, 0.15) is 0 Å². The third kappa shape index (κ3) is 2.56. The molecule has 2 fully saturated rings. The Morgan fingerprint density at radius 1 is 1.26 bits per heavy atom. The quantitative estimate of drug-likeness (QED) is 0.883. The Bertz CT molecular complexity index is 443. The zero-order chi connectivity index (χ0) is 13.4. The maximum Gasteiger partial charge on any atom is 0.0320 e. The van der Waals surface area contributed by atoms with Crippen LogP contribution in [0.25, 0.3) is 0 Å². The summed E-state index contributed by atoms with van der Waals surface area (Å²) in [5, 5.41) is 0. The molecule has 0 bridgehead atoms. The largest absolute Gasteiger partial charge is 0.327 e. The Balaban J connectivity index is 1.73. The highest BCUT2D eigenvalue weighted by Gasteiger charge is 2.40. The predicted octanol–water partition coefficient (Wildman–Crippen LogP) is 3.12. The lowest BCUT2D eigenvalue weighted by atomic mass is 9.78. The molecule has 1 aliphatic carbocycles. The van der Waals surface area contributed by atoms with Gasteiger partial charge in [-0.25, -0.2) is 0 Å². The summed E-state index contributed by atoms with van der Waals surface area (Å²) in [7, 11) is 0. The van der Waals surface area contributed by atoms with Crippen LogP contribution in [0.3, 0.4) is 0 Å². The van der Waals surface area contributed by atoms with Crippen molar-refractivity contribution in [3.63, 3.8) is 0 Å². The number of hydrogen-bond donors (Lipinski definition) is 1. The van der Waals surface area contributed by atoms with E-state index < -0.39 is 0 Å². The van der Waals surface area contributed by atoms with Gasteiger partial charge in [-0.05, 0) is 44.1 Å². The van der Waals surface area contributed by atoms with Gasteiger partial charge in [0.2, 0.25) is 0 Å². The summed E-state index contributed by atoms with van der Waals surface area (Å²) in [5.74, 6) is 1.58. The summed E-state index contributed by atoms with van der Waals surface area (Å²) < 4.78 is 0. The molecule has 0 aromatic heterocycles. The topological polar surface area (TPSA) is 29.3 Å². The molecule has 1 aromatic carbocycles. The molecule has 2 N–H and O–H groups in total. The molecule has 1 aromatic rings. The van der Waals surface area contributed by atoms with Crippen LogP contribution in [-0.2, 0) is 0 Å². The van der Waals surface area contributed by atoms with Crippen LogP contribution in [0.2, 0.25) is 0 Å². The van der Waals surface area contributed by atoms with Gasteiger partial charge in [0.15, 0.2) is 0 Å². The molecule has 2 heteroatoms. The number of rotatable bonds is 2. The molecule has 2 nitrogen and oxygen atoms in total. The van der Waals surface area contributed by atoms with Crippen LogP contribution in [0.4, 0.5) is 0 Å². The number of aryl methyl sites for hydroxylation is 1. The van der Waals surface area contributed by atoms with Crippen LogP contribution < -0.4 is 5.73 Å². The number of benzene rings is 1. The van der Waals surface area contributed by atoms with E-state index in [9.17, 15) is 0 Å². The Morgan fingerprint density at radius 3 is 2.84 bits per heavy atom. The third-order valence-corrected chi connectivity index (χ3v) is 5.25. The van der Waals surface area contributed by atoms with Crippen molar-refractivity contribution in [2.45, 2.75) is 45.2 Å². The monoisotopic (exact) mass is 258 g/mol. The summed E-state index contributed by atoms with van der Waals surface area (Å²) in [6.45, 7) is 6.96. The molecule has 4 unspecified atom stereocenters. The van der Waals surface area contributed by atoms with Crippen LogP contribution in [0, 0.1) is 18.8 Å². The first-order chi connectivity index (χ1) is 9.15. The van der Waals surface area contributed by atoms with Crippen LogP contribution in [0.1, 0.15) is 43.4 Å². The SMILES string of the molecule is Cc1cccc(C(C)N2CC3CCCC(N)C3C2)c1. The molecule has 1 saturated heterocycles. The van der Waals surface area contributed by atoms with Gasteiger partial charge < -0.3 is 5.73 Å². The smallest absolute Gasteiger partial charge is 0.0320 e. The molecule has 19 heavy (non-hydrogen) atoms. The normalized spacial score (nSPS) is 33.1. The van der Waals surface area contributed by atoms with Crippen LogP contribution in [-0.4, -0.2) is 24.0 Å². The molecule has 1 heterocycles. The Morgan fingerprint density at radius 2 is 2.11 bits per heavy atom. The highest BCUT2D eigenvalue weighted by molar-refractivity contribution is 5.25. The lowest BCUT2D eigenvalue weighted by molar-refractivity contribution is 0.245. The second kappa shape index (κ2) is 5.26. The van der Waals surface area contributed by atoms with E-state index in [4.69, 9.17) is 5.73 Å². The van der Waals surface area contributed by atoms with Gasteiger partial charge in [-0.15, -0.1) is 0 Å². The molecule has 2 aliphatic rings. The van der Waals surface area contributed by atoms with Gasteiger partial charge >= 0.3 is 0 Å². The first-order valence-corrected chi connectivity index (χ1v) is 7.71. The molecule has 3 rings (SSSR count). The van der Waals surface area contributed by atoms with Crippen molar-refractivity contribution in [2.75, 3.05) is 13.1 Å². The summed E-state index contributed by atoms with van der Waals surface area (Å²) in [6, 6.07) is 9.91. The minimum absolute atomic E-state index is 0.438. The number of nitrogens with zero attached hydrogens (tertiary/aromatic N) is 1. The van der Waals surface area contributed by atoms with E-state index in [1.807, 2.05) is 0 Å². The maximum absolute atomic E-state index is 6.32. The van der Waals surface area contributed by atoms with E-state index in [-0.39, 0.29) is 0 Å². The van der Waals surface area contributed by atoms with Gasteiger partial charge in [-0.2, -0.15) is 0 Å². The molecular formula is C17H26N2. The van der Waals surface area contributed by atoms with E-state index in [0.29, 0.717) is 12.1 Å². The Hall–Kier alpha value is -0.860. The van der Waals surface area contributed by atoms with Crippen LogP contribution in [0.5, 0.6) is 0 Å². The third-order valence-electron chi connectivity index (χ3n) is 5.25. The second-order valence-electron chi connectivity index (χ2n) is 6.56. The molecule has 0 amide bonds. The van der Waals surface area contributed by atoms with E-state index in [2.05, 4.69) is 43.0 Å². The summed E-state index contributed by atoms with van der Waals surface area (Å²) in [6.07, 6.45) is 3.94. The van der Waals surface area contributed by atoms with Crippen molar-refractivity contribution in [3.05, 3.63) is 35.4 Å². The fraction of sp³-hybridized carbons (Fsp3) is 0.647. The zero-order valence-electron chi connectivity index (χ0n) is 12.2. The average molecular weight is 258 g/mol. The highest BCUT2D eigenvalue weighted by atomic mass is 15.2. The standard InChI is InChI=1S/C17H26N2/c1-12-5-3-6-14(9-12)13(2)19-10-15-7-4-8-17(18)16(15)11-19/h3,5-6,9,13,15-17H,4,7-8,10-11,18H2,1-2H3. The maximum atomic E-state index is 6.32. The fourth-order valence-corrected chi connectivity index (χ4v) is 4.01. The summed E-state index contributed by atoms with van der Waals surface area (Å²) in [4.78, 5) is 2.65. The van der Waals surface area contributed by atoms with Gasteiger partial charge in [0.25, 0.3) is 0 Å². The molecule has 1 saturated carbocycles. The van der Waals surface area contributed by atoms with Crippen LogP contribution in [0.15, 0.2) is 24.3 Å².